The van der Waals surface area contributed by atoms with Crippen molar-refractivity contribution in [2.75, 3.05) is 24.2 Å². The molecule has 1 aliphatic rings. The summed E-state index contributed by atoms with van der Waals surface area (Å²) < 4.78 is 49.6. The Balaban J connectivity index is 1.48. The van der Waals surface area contributed by atoms with E-state index >= 15 is 0 Å². The van der Waals surface area contributed by atoms with Gasteiger partial charge in [0, 0.05) is 38.0 Å². The van der Waals surface area contributed by atoms with Gasteiger partial charge in [0.1, 0.15) is 28.7 Å². The molecule has 0 spiro atoms. The van der Waals surface area contributed by atoms with Gasteiger partial charge in [0.15, 0.2) is 11.4 Å². The minimum absolute atomic E-state index is 0.126. The third-order valence-electron chi connectivity index (χ3n) is 6.73. The Morgan fingerprint density at radius 3 is 2.67 bits per heavy atom. The summed E-state index contributed by atoms with van der Waals surface area (Å²) in [7, 11) is 3.45. The third kappa shape index (κ3) is 5.26. The predicted molar refractivity (Wildman–Crippen MR) is 141 cm³/mol. The molecule has 13 heteroatoms. The number of rotatable bonds is 6. The molecule has 4 heterocycles. The van der Waals surface area contributed by atoms with E-state index in [0.29, 0.717) is 17.7 Å². The summed E-state index contributed by atoms with van der Waals surface area (Å²) in [6.45, 7) is 2.10. The van der Waals surface area contributed by atoms with Crippen LogP contribution in [0, 0.1) is 11.3 Å². The van der Waals surface area contributed by atoms with Crippen LogP contribution in [0.5, 0.6) is 11.5 Å². The van der Waals surface area contributed by atoms with E-state index in [9.17, 15) is 23.2 Å². The number of amides is 1. The zero-order valence-electron chi connectivity index (χ0n) is 21.9. The number of likely N-dealkylation sites (tertiary alicyclic amines) is 1. The lowest BCUT2D eigenvalue weighted by Crippen LogP contribution is -2.21. The minimum Gasteiger partial charge on any atom is -0.454 e. The van der Waals surface area contributed by atoms with E-state index in [0.717, 1.165) is 19.0 Å². The molecular formula is C27H25F3N8O2. The molecule has 5 rings (SSSR count). The van der Waals surface area contributed by atoms with Gasteiger partial charge < -0.3 is 19.9 Å². The Bertz CT molecular complexity index is 1640. The average Bonchev–Trinajstić information content (AvgIpc) is 3.46. The molecule has 1 aromatic carbocycles. The van der Waals surface area contributed by atoms with Gasteiger partial charge in [-0.3, -0.25) is 9.69 Å². The van der Waals surface area contributed by atoms with Crippen molar-refractivity contribution < 1.29 is 22.7 Å². The Kier molecular flexibility index (Phi) is 7.03. The normalized spacial score (nSPS) is 15.7. The molecule has 4 aromatic rings. The molecule has 0 bridgehead atoms. The van der Waals surface area contributed by atoms with Crippen molar-refractivity contribution in [2.24, 2.45) is 7.05 Å². The third-order valence-corrected chi connectivity index (χ3v) is 6.73. The molecule has 3 aromatic heterocycles. The van der Waals surface area contributed by atoms with Crippen LogP contribution in [0.4, 0.5) is 30.6 Å². The Morgan fingerprint density at radius 2 is 2.00 bits per heavy atom. The lowest BCUT2D eigenvalue weighted by atomic mass is 9.97. The zero-order chi connectivity index (χ0) is 28.6. The first-order chi connectivity index (χ1) is 19.0. The van der Waals surface area contributed by atoms with Crippen LogP contribution in [0.2, 0.25) is 0 Å². The number of hydrogen-bond donors (Lipinski definition) is 2. The van der Waals surface area contributed by atoms with E-state index in [-0.39, 0.29) is 51.9 Å². The zero-order valence-corrected chi connectivity index (χ0v) is 21.9. The van der Waals surface area contributed by atoms with Crippen LogP contribution in [-0.4, -0.2) is 43.9 Å². The summed E-state index contributed by atoms with van der Waals surface area (Å²) >= 11 is 0. The quantitative estimate of drug-likeness (QED) is 0.322. The van der Waals surface area contributed by atoms with Gasteiger partial charge in [-0.25, -0.2) is 9.97 Å². The molecule has 1 saturated heterocycles. The highest BCUT2D eigenvalue weighted by Crippen LogP contribution is 2.41. The second kappa shape index (κ2) is 10.5. The van der Waals surface area contributed by atoms with Crippen LogP contribution in [-0.2, 0) is 18.0 Å². The number of fused-ring (bicyclic) bond motifs is 1. The van der Waals surface area contributed by atoms with Gasteiger partial charge in [0.05, 0.1) is 11.8 Å². The van der Waals surface area contributed by atoms with Crippen molar-refractivity contribution in [3.05, 3.63) is 59.4 Å². The Labute approximate surface area is 227 Å². The van der Waals surface area contributed by atoms with E-state index in [1.165, 1.54) is 36.0 Å². The number of ether oxygens (including phenoxy) is 1. The summed E-state index contributed by atoms with van der Waals surface area (Å²) in [5, 5.41) is 15.5. The lowest BCUT2D eigenvalue weighted by Gasteiger charge is -2.24. The summed E-state index contributed by atoms with van der Waals surface area (Å²) in [5.74, 6) is 0.613. The first kappa shape index (κ1) is 26.9. The number of hydrogen-bond acceptors (Lipinski definition) is 8. The maximum Gasteiger partial charge on any atom is 0.416 e. The van der Waals surface area contributed by atoms with Gasteiger partial charge in [-0.15, -0.1) is 0 Å². The summed E-state index contributed by atoms with van der Waals surface area (Å²) in [6.07, 6.45) is -0.244. The van der Waals surface area contributed by atoms with Gasteiger partial charge in [0.2, 0.25) is 11.9 Å². The van der Waals surface area contributed by atoms with E-state index < -0.39 is 11.7 Å². The molecule has 1 aliphatic heterocycles. The van der Waals surface area contributed by atoms with Gasteiger partial charge in [-0.05, 0) is 50.2 Å². The maximum absolute atomic E-state index is 14.1. The fraction of sp³-hybridized carbons (Fsp3) is 0.296. The molecule has 2 N–H and O–H groups in total. The summed E-state index contributed by atoms with van der Waals surface area (Å²) in [6, 6.07) is 9.05. The van der Waals surface area contributed by atoms with Crippen LogP contribution in [0.3, 0.4) is 0 Å². The number of carbonyl (C=O) groups is 1. The van der Waals surface area contributed by atoms with E-state index in [4.69, 9.17) is 4.74 Å². The van der Waals surface area contributed by atoms with Crippen molar-refractivity contribution in [3.63, 3.8) is 0 Å². The standard InChI is InChI=1S/C27H25F3N8O2/c1-15(39)34-23-12-17(8-9-32-23)40-22-14-33-25-24(19(22)13-31)38(3)26(36-25)35-16-6-7-18(20(11-16)27(28,29)30)21-5-4-10-37(21)2/h6-9,11-12,14,21H,4-5,10H2,1-3H3,(H,32,34,39)(H,33,35,36)/t21-/m0/s1. The largest absolute Gasteiger partial charge is 0.454 e. The van der Waals surface area contributed by atoms with Gasteiger partial charge in [0.25, 0.3) is 0 Å². The molecule has 0 saturated carbocycles. The number of benzene rings is 1. The first-order valence-electron chi connectivity index (χ1n) is 12.4. The van der Waals surface area contributed by atoms with Crippen LogP contribution in [0.15, 0.2) is 42.7 Å². The predicted octanol–water partition coefficient (Wildman–Crippen LogP) is 5.51. The van der Waals surface area contributed by atoms with Gasteiger partial charge in [-0.1, -0.05) is 6.07 Å². The Hall–Kier alpha value is -4.70. The maximum atomic E-state index is 14.1. The molecule has 1 fully saturated rings. The SMILES string of the molecule is CC(=O)Nc1cc(Oc2cnc3nc(Nc4ccc([C@@H]5CCCN5C)c(C(F)(F)F)c4)n(C)c3c2C#N)ccn1. The number of carbonyl (C=O) groups excluding carboxylic acids is 1. The number of alkyl halides is 3. The molecular weight excluding hydrogens is 525 g/mol. The molecule has 0 radical (unpaired) electrons. The molecule has 10 nitrogen and oxygen atoms in total. The van der Waals surface area contributed by atoms with E-state index in [2.05, 4.69) is 31.7 Å². The number of nitrogens with zero attached hydrogens (tertiary/aromatic N) is 6. The van der Waals surface area contributed by atoms with Crippen molar-refractivity contribution in [2.45, 2.75) is 32.0 Å². The molecule has 0 aliphatic carbocycles. The number of imidazole rings is 1. The number of nitriles is 1. The highest BCUT2D eigenvalue weighted by Gasteiger charge is 2.37. The molecule has 1 amide bonds. The lowest BCUT2D eigenvalue weighted by molar-refractivity contribution is -0.138. The van der Waals surface area contributed by atoms with Gasteiger partial charge >= 0.3 is 6.18 Å². The molecule has 206 valence electrons. The van der Waals surface area contributed by atoms with Crippen LogP contribution in [0.25, 0.3) is 11.2 Å². The highest BCUT2D eigenvalue weighted by molar-refractivity contribution is 5.88. The highest BCUT2D eigenvalue weighted by atomic mass is 19.4. The minimum atomic E-state index is -4.53. The van der Waals surface area contributed by atoms with Crippen molar-refractivity contribution in [1.82, 2.24) is 24.4 Å². The number of aryl methyl sites for hydroxylation is 1. The smallest absolute Gasteiger partial charge is 0.416 e. The fourth-order valence-electron chi connectivity index (χ4n) is 4.90. The first-order valence-corrected chi connectivity index (χ1v) is 12.4. The van der Waals surface area contributed by atoms with Crippen molar-refractivity contribution >= 4 is 34.5 Å². The number of nitrogens with one attached hydrogen (secondary N) is 2. The van der Waals surface area contributed by atoms with Crippen molar-refractivity contribution in [1.29, 1.82) is 5.26 Å². The van der Waals surface area contributed by atoms with Crippen molar-refractivity contribution in [3.8, 4) is 17.6 Å². The number of halogens is 3. The second-order valence-corrected chi connectivity index (χ2v) is 9.50. The van der Waals surface area contributed by atoms with Gasteiger partial charge in [-0.2, -0.15) is 23.4 Å². The van der Waals surface area contributed by atoms with Crippen LogP contribution < -0.4 is 15.4 Å². The summed E-state index contributed by atoms with van der Waals surface area (Å²) in [4.78, 5) is 26.0. The van der Waals surface area contributed by atoms with Crippen LogP contribution >= 0.6 is 0 Å². The molecule has 0 unspecified atom stereocenters. The molecule has 40 heavy (non-hydrogen) atoms. The van der Waals surface area contributed by atoms with E-state index in [1.807, 2.05) is 11.9 Å². The topological polar surface area (TPSA) is 121 Å². The number of aromatic nitrogens is 4. The Morgan fingerprint density at radius 1 is 1.20 bits per heavy atom. The number of pyridine rings is 2. The number of anilines is 3. The monoisotopic (exact) mass is 550 g/mol. The van der Waals surface area contributed by atoms with Crippen LogP contribution in [0.1, 0.15) is 42.5 Å². The fourth-order valence-corrected chi connectivity index (χ4v) is 4.90. The second-order valence-electron chi connectivity index (χ2n) is 9.50. The van der Waals surface area contributed by atoms with E-state index in [1.54, 1.807) is 19.2 Å². The molecule has 1 atom stereocenters. The average molecular weight is 551 g/mol. The summed E-state index contributed by atoms with van der Waals surface area (Å²) in [5.41, 5.74) is 0.421.